The molecule has 0 aliphatic heterocycles. The van der Waals surface area contributed by atoms with Gasteiger partial charge in [0.2, 0.25) is 10.7 Å². The lowest BCUT2D eigenvalue weighted by molar-refractivity contribution is -0.121. The number of carbonyl (C=O) groups is 1. The Bertz CT molecular complexity index is 391. The standard InChI is InChI=1S/C9H14N4OS/c14-8(7-4-2-1-3-5-7)12-13-6-10-11-9(13)15/h6-7H,1-5H2,(H,11,15)(H,12,14). The van der Waals surface area contributed by atoms with E-state index >= 15 is 0 Å². The van der Waals surface area contributed by atoms with Crippen molar-refractivity contribution in [2.45, 2.75) is 32.1 Å². The van der Waals surface area contributed by atoms with Crippen molar-refractivity contribution in [1.29, 1.82) is 0 Å². The van der Waals surface area contributed by atoms with Gasteiger partial charge < -0.3 is 0 Å². The lowest BCUT2D eigenvalue weighted by atomic mass is 9.89. The molecule has 82 valence electrons. The molecule has 0 radical (unpaired) electrons. The Balaban J connectivity index is 1.97. The van der Waals surface area contributed by atoms with E-state index in [2.05, 4.69) is 15.6 Å². The Morgan fingerprint density at radius 3 is 2.87 bits per heavy atom. The quantitative estimate of drug-likeness (QED) is 0.753. The van der Waals surface area contributed by atoms with E-state index in [1.54, 1.807) is 0 Å². The van der Waals surface area contributed by atoms with E-state index in [1.165, 1.54) is 17.4 Å². The molecule has 1 aliphatic rings. The van der Waals surface area contributed by atoms with Gasteiger partial charge in [0.05, 0.1) is 0 Å². The number of nitrogens with one attached hydrogen (secondary N) is 2. The van der Waals surface area contributed by atoms with Crippen LogP contribution in [-0.4, -0.2) is 20.8 Å². The van der Waals surface area contributed by atoms with E-state index in [9.17, 15) is 4.79 Å². The third-order valence-electron chi connectivity index (χ3n) is 2.76. The van der Waals surface area contributed by atoms with Crippen molar-refractivity contribution in [3.63, 3.8) is 0 Å². The number of nitrogens with zero attached hydrogens (tertiary/aromatic N) is 2. The summed E-state index contributed by atoms with van der Waals surface area (Å²) in [7, 11) is 0. The second-order valence-electron chi connectivity index (χ2n) is 3.84. The molecule has 1 aliphatic carbocycles. The molecule has 1 heterocycles. The Morgan fingerprint density at radius 1 is 1.53 bits per heavy atom. The smallest absolute Gasteiger partial charge is 0.242 e. The van der Waals surface area contributed by atoms with Gasteiger partial charge in [-0.1, -0.05) is 19.3 Å². The zero-order valence-electron chi connectivity index (χ0n) is 8.40. The van der Waals surface area contributed by atoms with Crippen LogP contribution in [-0.2, 0) is 4.79 Å². The van der Waals surface area contributed by atoms with Gasteiger partial charge in [0, 0.05) is 5.92 Å². The van der Waals surface area contributed by atoms with Gasteiger partial charge in [-0.05, 0) is 25.1 Å². The summed E-state index contributed by atoms with van der Waals surface area (Å²) in [6.07, 6.45) is 6.98. The van der Waals surface area contributed by atoms with E-state index in [0.717, 1.165) is 25.7 Å². The van der Waals surface area contributed by atoms with Crippen molar-refractivity contribution in [1.82, 2.24) is 14.9 Å². The third kappa shape index (κ3) is 2.44. The number of rotatable bonds is 2. The first kappa shape index (κ1) is 10.4. The average Bonchev–Trinajstić information content (AvgIpc) is 2.66. The maximum atomic E-state index is 11.8. The third-order valence-corrected chi connectivity index (χ3v) is 3.05. The Morgan fingerprint density at radius 2 is 2.27 bits per heavy atom. The Kier molecular flexibility index (Phi) is 3.15. The summed E-state index contributed by atoms with van der Waals surface area (Å²) in [6, 6.07) is 0. The highest BCUT2D eigenvalue weighted by molar-refractivity contribution is 7.71. The molecular weight excluding hydrogens is 212 g/mol. The first-order chi connectivity index (χ1) is 7.27. The van der Waals surface area contributed by atoms with Crippen LogP contribution in [0, 0.1) is 10.7 Å². The van der Waals surface area contributed by atoms with E-state index < -0.39 is 0 Å². The summed E-state index contributed by atoms with van der Waals surface area (Å²) in [5.41, 5.74) is 2.74. The fourth-order valence-electron chi connectivity index (χ4n) is 1.90. The van der Waals surface area contributed by atoms with Gasteiger partial charge in [-0.3, -0.25) is 15.3 Å². The van der Waals surface area contributed by atoms with Crippen molar-refractivity contribution < 1.29 is 4.79 Å². The molecule has 2 N–H and O–H groups in total. The number of hydrogen-bond acceptors (Lipinski definition) is 3. The predicted molar refractivity (Wildman–Crippen MR) is 58.4 cm³/mol. The van der Waals surface area contributed by atoms with Gasteiger partial charge in [-0.15, -0.1) is 0 Å². The fourth-order valence-corrected chi connectivity index (χ4v) is 2.05. The van der Waals surface area contributed by atoms with Crippen molar-refractivity contribution in [3.8, 4) is 0 Å². The van der Waals surface area contributed by atoms with Crippen LogP contribution in [0.15, 0.2) is 6.33 Å². The fraction of sp³-hybridized carbons (Fsp3) is 0.667. The second-order valence-corrected chi connectivity index (χ2v) is 4.23. The summed E-state index contributed by atoms with van der Waals surface area (Å²) >= 11 is 4.94. The Labute approximate surface area is 92.8 Å². The molecule has 1 saturated carbocycles. The van der Waals surface area contributed by atoms with E-state index in [-0.39, 0.29) is 11.8 Å². The van der Waals surface area contributed by atoms with E-state index in [1.807, 2.05) is 0 Å². The van der Waals surface area contributed by atoms with Gasteiger partial charge in [-0.25, -0.2) is 4.68 Å². The molecule has 0 spiro atoms. The van der Waals surface area contributed by atoms with Crippen LogP contribution in [0.4, 0.5) is 0 Å². The molecule has 15 heavy (non-hydrogen) atoms. The van der Waals surface area contributed by atoms with Crippen LogP contribution in [0.3, 0.4) is 0 Å². The van der Waals surface area contributed by atoms with Gasteiger partial charge >= 0.3 is 0 Å². The number of H-pyrrole nitrogens is 1. The summed E-state index contributed by atoms with van der Waals surface area (Å²) in [5.74, 6) is 0.183. The second kappa shape index (κ2) is 4.57. The molecule has 1 amide bonds. The van der Waals surface area contributed by atoms with Crippen LogP contribution >= 0.6 is 12.2 Å². The summed E-state index contributed by atoms with van der Waals surface area (Å²) in [6.45, 7) is 0. The number of aromatic nitrogens is 3. The van der Waals surface area contributed by atoms with Crippen LogP contribution < -0.4 is 5.43 Å². The topological polar surface area (TPSA) is 62.7 Å². The van der Waals surface area contributed by atoms with Gasteiger partial charge in [0.1, 0.15) is 6.33 Å². The molecule has 2 rings (SSSR count). The molecule has 1 aromatic rings. The lowest BCUT2D eigenvalue weighted by Crippen LogP contribution is -2.30. The minimum absolute atomic E-state index is 0.0483. The molecule has 0 bridgehead atoms. The number of carbonyl (C=O) groups excluding carboxylic acids is 1. The maximum absolute atomic E-state index is 11.8. The number of aromatic amines is 1. The minimum Gasteiger partial charge on any atom is -0.273 e. The van der Waals surface area contributed by atoms with Gasteiger partial charge in [0.25, 0.3) is 0 Å². The van der Waals surface area contributed by atoms with Crippen LogP contribution in [0.2, 0.25) is 0 Å². The van der Waals surface area contributed by atoms with Crippen molar-refractivity contribution in [2.24, 2.45) is 5.92 Å². The Hall–Kier alpha value is -1.17. The van der Waals surface area contributed by atoms with Crippen molar-refractivity contribution in [3.05, 3.63) is 11.1 Å². The zero-order chi connectivity index (χ0) is 10.7. The van der Waals surface area contributed by atoms with Crippen molar-refractivity contribution >= 4 is 18.1 Å². The van der Waals surface area contributed by atoms with Gasteiger partial charge in [-0.2, -0.15) is 5.10 Å². The number of amides is 1. The molecule has 6 heteroatoms. The predicted octanol–water partition coefficient (Wildman–Crippen LogP) is 1.59. The molecule has 0 saturated heterocycles. The number of hydrogen-bond donors (Lipinski definition) is 2. The van der Waals surface area contributed by atoms with Gasteiger partial charge in [0.15, 0.2) is 0 Å². The molecule has 1 aromatic heterocycles. The largest absolute Gasteiger partial charge is 0.273 e. The molecule has 1 fully saturated rings. The monoisotopic (exact) mass is 226 g/mol. The SMILES string of the molecule is O=C(Nn1cn[nH]c1=S)C1CCCCC1. The highest BCUT2D eigenvalue weighted by Crippen LogP contribution is 2.23. The lowest BCUT2D eigenvalue weighted by Gasteiger charge is -2.20. The molecule has 0 atom stereocenters. The van der Waals surface area contributed by atoms with Crippen LogP contribution in [0.25, 0.3) is 0 Å². The molecular formula is C9H14N4OS. The first-order valence-corrected chi connectivity index (χ1v) is 5.61. The summed E-state index contributed by atoms with van der Waals surface area (Å²) < 4.78 is 1.87. The maximum Gasteiger partial charge on any atom is 0.242 e. The van der Waals surface area contributed by atoms with E-state index in [0.29, 0.717) is 4.77 Å². The molecule has 5 nitrogen and oxygen atoms in total. The van der Waals surface area contributed by atoms with Crippen LogP contribution in [0.5, 0.6) is 0 Å². The van der Waals surface area contributed by atoms with Crippen LogP contribution in [0.1, 0.15) is 32.1 Å². The first-order valence-electron chi connectivity index (χ1n) is 5.20. The molecule has 0 unspecified atom stereocenters. The summed E-state index contributed by atoms with van der Waals surface area (Å²) in [4.78, 5) is 11.8. The highest BCUT2D eigenvalue weighted by atomic mass is 32.1. The summed E-state index contributed by atoms with van der Waals surface area (Å²) in [5, 5.41) is 6.33. The average molecular weight is 226 g/mol. The van der Waals surface area contributed by atoms with E-state index in [4.69, 9.17) is 12.2 Å². The highest BCUT2D eigenvalue weighted by Gasteiger charge is 2.21. The van der Waals surface area contributed by atoms with Crippen molar-refractivity contribution in [2.75, 3.05) is 5.43 Å². The zero-order valence-corrected chi connectivity index (χ0v) is 9.22. The minimum atomic E-state index is 0.0483. The molecule has 0 aromatic carbocycles. The normalized spacial score (nSPS) is 17.6.